The third-order valence-electron chi connectivity index (χ3n) is 0.883. The van der Waals surface area contributed by atoms with Crippen LogP contribution >= 0.6 is 0 Å². The summed E-state index contributed by atoms with van der Waals surface area (Å²) in [5.74, 6) is 0. The molecule has 0 aliphatic carbocycles. The first-order valence-electron chi connectivity index (χ1n) is 3.13. The molecule has 0 rings (SSSR count). The van der Waals surface area contributed by atoms with Gasteiger partial charge in [0.05, 0.1) is 0 Å². The van der Waals surface area contributed by atoms with E-state index in [0.717, 1.165) is 12.1 Å². The van der Waals surface area contributed by atoms with Gasteiger partial charge in [0.2, 0.25) is 0 Å². The monoisotopic (exact) mass is 123 g/mol. The minimum atomic E-state index is 1.04. The van der Waals surface area contributed by atoms with Crippen LogP contribution in [0, 0.1) is 0 Å². The molecule has 0 atom stereocenters. The highest BCUT2D eigenvalue weighted by molar-refractivity contribution is 5.71. The van der Waals surface area contributed by atoms with E-state index in [1.54, 1.807) is 12.3 Å². The van der Waals surface area contributed by atoms with Crippen molar-refractivity contribution in [2.24, 2.45) is 4.99 Å². The standard InChI is InChI=1S/C8H13N/c1-4-6-8(3)9-7-5-2/h5-7H,2,4H2,1,3H3/b8-6-,9-7?. The van der Waals surface area contributed by atoms with E-state index in [4.69, 9.17) is 0 Å². The SMILES string of the molecule is C=CC=N/C(C)=C\CC. The molecule has 0 aliphatic rings. The Morgan fingerprint density at radius 3 is 2.78 bits per heavy atom. The van der Waals surface area contributed by atoms with E-state index in [1.165, 1.54) is 0 Å². The van der Waals surface area contributed by atoms with Gasteiger partial charge in [-0.1, -0.05) is 25.7 Å². The molecule has 0 N–H and O–H groups in total. The van der Waals surface area contributed by atoms with E-state index in [-0.39, 0.29) is 0 Å². The predicted molar refractivity (Wildman–Crippen MR) is 42.7 cm³/mol. The summed E-state index contributed by atoms with van der Waals surface area (Å²) in [6, 6.07) is 0. The molecule has 0 heterocycles. The molecule has 9 heavy (non-hydrogen) atoms. The van der Waals surface area contributed by atoms with Crippen LogP contribution in [0.1, 0.15) is 20.3 Å². The van der Waals surface area contributed by atoms with E-state index in [9.17, 15) is 0 Å². The molecule has 0 unspecified atom stereocenters. The summed E-state index contributed by atoms with van der Waals surface area (Å²) in [4.78, 5) is 4.05. The van der Waals surface area contributed by atoms with Crippen LogP contribution < -0.4 is 0 Å². The topological polar surface area (TPSA) is 12.4 Å². The Kier molecular flexibility index (Phi) is 4.79. The molecule has 0 radical (unpaired) electrons. The van der Waals surface area contributed by atoms with Crippen molar-refractivity contribution in [1.82, 2.24) is 0 Å². The normalized spacial score (nSPS) is 12.4. The van der Waals surface area contributed by atoms with Gasteiger partial charge in [-0.15, -0.1) is 0 Å². The molecular weight excluding hydrogens is 110 g/mol. The smallest absolute Gasteiger partial charge is 0.0332 e. The van der Waals surface area contributed by atoms with Crippen molar-refractivity contribution in [1.29, 1.82) is 0 Å². The predicted octanol–water partition coefficient (Wildman–Crippen LogP) is 2.56. The highest BCUT2D eigenvalue weighted by Crippen LogP contribution is 1.94. The van der Waals surface area contributed by atoms with Gasteiger partial charge in [0.25, 0.3) is 0 Å². The van der Waals surface area contributed by atoms with Crippen molar-refractivity contribution in [3.8, 4) is 0 Å². The number of hydrogen-bond donors (Lipinski definition) is 0. The molecule has 50 valence electrons. The zero-order valence-electron chi connectivity index (χ0n) is 6.09. The van der Waals surface area contributed by atoms with Crippen molar-refractivity contribution in [3.63, 3.8) is 0 Å². The van der Waals surface area contributed by atoms with Crippen LogP contribution in [0.4, 0.5) is 0 Å². The van der Waals surface area contributed by atoms with Gasteiger partial charge in [0.1, 0.15) is 0 Å². The maximum atomic E-state index is 4.05. The number of hydrogen-bond acceptors (Lipinski definition) is 1. The van der Waals surface area contributed by atoms with E-state index in [0.29, 0.717) is 0 Å². The van der Waals surface area contributed by atoms with Crippen LogP contribution in [-0.4, -0.2) is 6.21 Å². The number of allylic oxidation sites excluding steroid dienone is 3. The van der Waals surface area contributed by atoms with Crippen molar-refractivity contribution in [2.75, 3.05) is 0 Å². The molecule has 0 amide bonds. The molecule has 0 saturated carbocycles. The summed E-state index contributed by atoms with van der Waals surface area (Å²) in [6.07, 6.45) is 6.48. The van der Waals surface area contributed by atoms with E-state index in [2.05, 4.69) is 24.6 Å². The Balaban J connectivity index is 3.74. The van der Waals surface area contributed by atoms with Gasteiger partial charge in [-0.25, -0.2) is 0 Å². The minimum absolute atomic E-state index is 1.04. The number of aliphatic imine (C=N–C) groups is 1. The molecule has 0 aromatic carbocycles. The van der Waals surface area contributed by atoms with E-state index >= 15 is 0 Å². The Labute approximate surface area is 56.8 Å². The lowest BCUT2D eigenvalue weighted by atomic mass is 10.4. The lowest BCUT2D eigenvalue weighted by molar-refractivity contribution is 1.16. The summed E-state index contributed by atoms with van der Waals surface area (Å²) >= 11 is 0. The fourth-order valence-electron chi connectivity index (χ4n) is 0.518. The molecule has 0 aromatic heterocycles. The van der Waals surface area contributed by atoms with Crippen LogP contribution in [0.2, 0.25) is 0 Å². The highest BCUT2D eigenvalue weighted by Gasteiger charge is 1.75. The zero-order chi connectivity index (χ0) is 7.11. The van der Waals surface area contributed by atoms with Crippen molar-refractivity contribution >= 4 is 6.21 Å². The Morgan fingerprint density at radius 2 is 2.33 bits per heavy atom. The van der Waals surface area contributed by atoms with Gasteiger partial charge in [0, 0.05) is 11.9 Å². The van der Waals surface area contributed by atoms with Gasteiger partial charge < -0.3 is 0 Å². The largest absolute Gasteiger partial charge is 0.262 e. The molecule has 0 fully saturated rings. The molecule has 0 aromatic rings. The summed E-state index contributed by atoms with van der Waals surface area (Å²) in [7, 11) is 0. The summed E-state index contributed by atoms with van der Waals surface area (Å²) in [5, 5.41) is 0. The van der Waals surface area contributed by atoms with Gasteiger partial charge in [0.15, 0.2) is 0 Å². The minimum Gasteiger partial charge on any atom is -0.262 e. The van der Waals surface area contributed by atoms with Gasteiger partial charge in [-0.2, -0.15) is 0 Å². The zero-order valence-corrected chi connectivity index (χ0v) is 6.09. The molecule has 0 spiro atoms. The lowest BCUT2D eigenvalue weighted by Crippen LogP contribution is -1.68. The Bertz CT molecular complexity index is 132. The first-order chi connectivity index (χ1) is 4.31. The van der Waals surface area contributed by atoms with Crippen LogP contribution in [0.3, 0.4) is 0 Å². The molecule has 0 bridgehead atoms. The van der Waals surface area contributed by atoms with Crippen LogP contribution in [0.5, 0.6) is 0 Å². The van der Waals surface area contributed by atoms with Gasteiger partial charge in [-0.3, -0.25) is 4.99 Å². The third kappa shape index (κ3) is 5.01. The highest BCUT2D eigenvalue weighted by atomic mass is 14.7. The Hall–Kier alpha value is -0.850. The summed E-state index contributed by atoms with van der Waals surface area (Å²) in [5.41, 5.74) is 1.05. The van der Waals surface area contributed by atoms with Gasteiger partial charge >= 0.3 is 0 Å². The molecule has 0 aliphatic heterocycles. The second kappa shape index (κ2) is 5.29. The summed E-state index contributed by atoms with van der Waals surface area (Å²) in [6.45, 7) is 7.58. The third-order valence-corrected chi connectivity index (χ3v) is 0.883. The van der Waals surface area contributed by atoms with Crippen molar-refractivity contribution in [3.05, 3.63) is 24.4 Å². The molecular formula is C8H13N. The lowest BCUT2D eigenvalue weighted by Gasteiger charge is -1.85. The van der Waals surface area contributed by atoms with E-state index < -0.39 is 0 Å². The molecule has 1 nitrogen and oxygen atoms in total. The number of nitrogens with zero attached hydrogens (tertiary/aromatic N) is 1. The quantitative estimate of drug-likeness (QED) is 0.511. The number of rotatable bonds is 3. The van der Waals surface area contributed by atoms with E-state index in [1.807, 2.05) is 6.92 Å². The van der Waals surface area contributed by atoms with Gasteiger partial charge in [-0.05, 0) is 13.3 Å². The fraction of sp³-hybridized carbons (Fsp3) is 0.375. The van der Waals surface area contributed by atoms with Crippen molar-refractivity contribution < 1.29 is 0 Å². The molecule has 1 heteroatoms. The second-order valence-electron chi connectivity index (χ2n) is 1.77. The average Bonchev–Trinajstić information content (AvgIpc) is 1.85. The fourth-order valence-corrected chi connectivity index (χ4v) is 0.518. The first-order valence-corrected chi connectivity index (χ1v) is 3.13. The average molecular weight is 123 g/mol. The maximum Gasteiger partial charge on any atom is 0.0332 e. The van der Waals surface area contributed by atoms with Crippen LogP contribution in [-0.2, 0) is 0 Å². The van der Waals surface area contributed by atoms with Crippen LogP contribution in [0.15, 0.2) is 29.4 Å². The van der Waals surface area contributed by atoms with Crippen molar-refractivity contribution in [2.45, 2.75) is 20.3 Å². The van der Waals surface area contributed by atoms with Crippen LogP contribution in [0.25, 0.3) is 0 Å². The summed E-state index contributed by atoms with van der Waals surface area (Å²) < 4.78 is 0. The second-order valence-corrected chi connectivity index (χ2v) is 1.77. The maximum absolute atomic E-state index is 4.05. The molecule has 0 saturated heterocycles. The first kappa shape index (κ1) is 8.15. The Morgan fingerprint density at radius 1 is 1.67 bits per heavy atom.